The summed E-state index contributed by atoms with van der Waals surface area (Å²) in [5, 5.41) is 2.63. The van der Waals surface area contributed by atoms with Crippen molar-refractivity contribution in [3.63, 3.8) is 0 Å². The SMILES string of the molecule is CC(=O)c1ccccc1NC(=O)[C@H](C)OC(=O)[C@H]1CS[C@@]2(C)CCC(=O)N12. The quantitative estimate of drug-likeness (QED) is 0.612. The smallest absolute Gasteiger partial charge is 0.330 e. The van der Waals surface area contributed by atoms with E-state index in [0.717, 1.165) is 0 Å². The maximum Gasteiger partial charge on any atom is 0.330 e. The number of hydrogen-bond donors (Lipinski definition) is 1. The highest BCUT2D eigenvalue weighted by Crippen LogP contribution is 2.47. The first-order chi connectivity index (χ1) is 12.7. The van der Waals surface area contributed by atoms with Crippen molar-refractivity contribution in [2.75, 3.05) is 11.1 Å². The van der Waals surface area contributed by atoms with Gasteiger partial charge in [0, 0.05) is 17.7 Å². The van der Waals surface area contributed by atoms with E-state index >= 15 is 0 Å². The molecule has 7 nitrogen and oxygen atoms in total. The molecule has 8 heteroatoms. The zero-order valence-corrected chi connectivity index (χ0v) is 16.3. The van der Waals surface area contributed by atoms with Crippen LogP contribution in [0.5, 0.6) is 0 Å². The number of thioether (sulfide) groups is 1. The molecule has 0 aromatic heterocycles. The third-order valence-corrected chi connectivity index (χ3v) is 6.45. The monoisotopic (exact) mass is 390 g/mol. The first-order valence-corrected chi connectivity index (χ1v) is 9.79. The Hall–Kier alpha value is -2.35. The van der Waals surface area contributed by atoms with Crippen LogP contribution in [0.1, 0.15) is 44.0 Å². The molecule has 2 heterocycles. The standard InChI is InChI=1S/C19H22N2O5S/c1-11(22)13-6-4-5-7-14(13)20-17(24)12(2)26-18(25)15-10-27-19(3)9-8-16(23)21(15)19/h4-7,12,15H,8-10H2,1-3H3,(H,20,24)/t12-,15+,19-/m0/s1. The number of hydrogen-bond acceptors (Lipinski definition) is 6. The fourth-order valence-corrected chi connectivity index (χ4v) is 4.85. The van der Waals surface area contributed by atoms with Crippen molar-refractivity contribution in [1.82, 2.24) is 4.90 Å². The van der Waals surface area contributed by atoms with E-state index in [9.17, 15) is 19.2 Å². The van der Waals surface area contributed by atoms with Crippen LogP contribution in [-0.4, -0.2) is 51.2 Å². The van der Waals surface area contributed by atoms with Crippen LogP contribution in [0.3, 0.4) is 0 Å². The van der Waals surface area contributed by atoms with Gasteiger partial charge in [0.25, 0.3) is 5.91 Å². The minimum atomic E-state index is -1.05. The van der Waals surface area contributed by atoms with Crippen molar-refractivity contribution in [3.8, 4) is 0 Å². The number of carbonyl (C=O) groups is 4. The highest BCUT2D eigenvalue weighted by Gasteiger charge is 2.53. The second kappa shape index (κ2) is 7.34. The lowest BCUT2D eigenvalue weighted by Crippen LogP contribution is -2.48. The van der Waals surface area contributed by atoms with Gasteiger partial charge in [0.05, 0.1) is 10.6 Å². The molecule has 2 fully saturated rings. The van der Waals surface area contributed by atoms with Gasteiger partial charge in [0.2, 0.25) is 5.91 Å². The van der Waals surface area contributed by atoms with Gasteiger partial charge in [0.1, 0.15) is 6.04 Å². The van der Waals surface area contributed by atoms with Crippen LogP contribution in [0.4, 0.5) is 5.69 Å². The van der Waals surface area contributed by atoms with E-state index in [1.54, 1.807) is 40.9 Å². The molecular formula is C19H22N2O5S. The summed E-state index contributed by atoms with van der Waals surface area (Å²) in [5.41, 5.74) is 0.756. The lowest BCUT2D eigenvalue weighted by atomic mass is 10.1. The van der Waals surface area contributed by atoms with E-state index in [1.807, 2.05) is 6.92 Å². The molecule has 0 aliphatic carbocycles. The summed E-state index contributed by atoms with van der Waals surface area (Å²) >= 11 is 1.56. The van der Waals surface area contributed by atoms with Gasteiger partial charge in [0.15, 0.2) is 11.9 Å². The van der Waals surface area contributed by atoms with E-state index in [2.05, 4.69) is 5.32 Å². The number of ketones is 1. The van der Waals surface area contributed by atoms with Gasteiger partial charge >= 0.3 is 5.97 Å². The molecule has 2 amide bonds. The number of benzene rings is 1. The number of nitrogens with zero attached hydrogens (tertiary/aromatic N) is 1. The van der Waals surface area contributed by atoms with Gasteiger partial charge in [-0.25, -0.2) is 4.79 Å². The normalized spacial score (nSPS) is 25.1. The van der Waals surface area contributed by atoms with Gasteiger partial charge in [-0.3, -0.25) is 14.4 Å². The molecule has 0 saturated carbocycles. The summed E-state index contributed by atoms with van der Waals surface area (Å²) in [5.74, 6) is -0.882. The summed E-state index contributed by atoms with van der Waals surface area (Å²) in [6.07, 6.45) is 0.0793. The van der Waals surface area contributed by atoms with E-state index in [4.69, 9.17) is 4.74 Å². The highest BCUT2D eigenvalue weighted by molar-refractivity contribution is 8.01. The van der Waals surface area contributed by atoms with Crippen LogP contribution in [0.25, 0.3) is 0 Å². The molecule has 144 valence electrons. The van der Waals surface area contributed by atoms with E-state index < -0.39 is 24.0 Å². The first kappa shape index (κ1) is 19.4. The molecule has 3 atom stereocenters. The van der Waals surface area contributed by atoms with Crippen LogP contribution >= 0.6 is 11.8 Å². The van der Waals surface area contributed by atoms with Crippen molar-refractivity contribution in [1.29, 1.82) is 0 Å². The molecule has 2 saturated heterocycles. The Morgan fingerprint density at radius 2 is 2.04 bits per heavy atom. The topological polar surface area (TPSA) is 92.8 Å². The molecule has 0 bridgehead atoms. The number of nitrogens with one attached hydrogen (secondary N) is 1. The molecule has 1 aromatic carbocycles. The highest BCUT2D eigenvalue weighted by atomic mass is 32.2. The van der Waals surface area contributed by atoms with Gasteiger partial charge in [-0.2, -0.15) is 0 Å². The van der Waals surface area contributed by atoms with E-state index in [1.165, 1.54) is 13.8 Å². The largest absolute Gasteiger partial charge is 0.451 e. The molecule has 2 aliphatic rings. The number of ether oxygens (including phenoxy) is 1. The van der Waals surface area contributed by atoms with Crippen LogP contribution in [0.2, 0.25) is 0 Å². The van der Waals surface area contributed by atoms with Gasteiger partial charge in [-0.15, -0.1) is 11.8 Å². The zero-order valence-electron chi connectivity index (χ0n) is 15.5. The van der Waals surface area contributed by atoms with Gasteiger partial charge in [-0.1, -0.05) is 12.1 Å². The number of amides is 2. The fraction of sp³-hybridized carbons (Fsp3) is 0.474. The number of carbonyl (C=O) groups excluding carboxylic acids is 4. The summed E-state index contributed by atoms with van der Waals surface area (Å²) in [6, 6.07) is 5.97. The maximum absolute atomic E-state index is 12.6. The summed E-state index contributed by atoms with van der Waals surface area (Å²) in [7, 11) is 0. The van der Waals surface area contributed by atoms with E-state index in [-0.39, 0.29) is 16.6 Å². The molecule has 0 spiro atoms. The van der Waals surface area contributed by atoms with Crippen molar-refractivity contribution < 1.29 is 23.9 Å². The van der Waals surface area contributed by atoms with Gasteiger partial charge in [-0.05, 0) is 39.3 Å². The first-order valence-electron chi connectivity index (χ1n) is 8.80. The van der Waals surface area contributed by atoms with Crippen molar-refractivity contribution in [3.05, 3.63) is 29.8 Å². The average molecular weight is 390 g/mol. The molecule has 27 heavy (non-hydrogen) atoms. The van der Waals surface area contributed by atoms with Crippen molar-refractivity contribution in [2.24, 2.45) is 0 Å². The Morgan fingerprint density at radius 1 is 1.33 bits per heavy atom. The minimum Gasteiger partial charge on any atom is -0.451 e. The third-order valence-electron chi connectivity index (χ3n) is 4.94. The lowest BCUT2D eigenvalue weighted by molar-refractivity contribution is -0.160. The Kier molecular flexibility index (Phi) is 5.28. The zero-order chi connectivity index (χ0) is 19.8. The fourth-order valence-electron chi connectivity index (χ4n) is 3.43. The Balaban J connectivity index is 1.64. The molecule has 0 unspecified atom stereocenters. The second-order valence-electron chi connectivity index (χ2n) is 6.94. The van der Waals surface area contributed by atoms with Crippen LogP contribution in [0.15, 0.2) is 24.3 Å². The second-order valence-corrected chi connectivity index (χ2v) is 8.44. The predicted molar refractivity (Wildman–Crippen MR) is 101 cm³/mol. The average Bonchev–Trinajstić information content (AvgIpc) is 3.11. The van der Waals surface area contributed by atoms with Crippen LogP contribution in [0, 0.1) is 0 Å². The number of fused-ring (bicyclic) bond motifs is 1. The van der Waals surface area contributed by atoms with Crippen molar-refractivity contribution in [2.45, 2.75) is 50.6 Å². The number of Topliss-reactive ketones (excluding diaryl/α,β-unsaturated/α-hetero) is 1. The molecule has 3 rings (SSSR count). The summed E-state index contributed by atoms with van der Waals surface area (Å²) < 4.78 is 5.33. The number of para-hydroxylation sites is 1. The minimum absolute atomic E-state index is 0.0584. The summed E-state index contributed by atoms with van der Waals surface area (Å²) in [6.45, 7) is 4.83. The van der Waals surface area contributed by atoms with Crippen molar-refractivity contribution >= 4 is 41.0 Å². The Bertz CT molecular complexity index is 811. The lowest BCUT2D eigenvalue weighted by Gasteiger charge is -2.29. The molecular weight excluding hydrogens is 368 g/mol. The van der Waals surface area contributed by atoms with Crippen LogP contribution in [-0.2, 0) is 19.1 Å². The number of anilines is 1. The van der Waals surface area contributed by atoms with E-state index in [0.29, 0.717) is 29.8 Å². The Labute approximate surface area is 161 Å². The van der Waals surface area contributed by atoms with Crippen LogP contribution < -0.4 is 5.32 Å². The number of rotatable bonds is 5. The predicted octanol–water partition coefficient (Wildman–Crippen LogP) is 2.21. The maximum atomic E-state index is 12.6. The molecule has 1 aromatic rings. The molecule has 1 N–H and O–H groups in total. The molecule has 2 aliphatic heterocycles. The Morgan fingerprint density at radius 3 is 2.74 bits per heavy atom. The third kappa shape index (κ3) is 3.71. The number of esters is 1. The summed E-state index contributed by atoms with van der Waals surface area (Å²) in [4.78, 5) is 50.0. The van der Waals surface area contributed by atoms with Gasteiger partial charge < -0.3 is 15.0 Å². The molecule has 0 radical (unpaired) electrons.